The first-order chi connectivity index (χ1) is 12.3. The quantitative estimate of drug-likeness (QED) is 0.470. The van der Waals surface area contributed by atoms with E-state index in [2.05, 4.69) is 5.32 Å². The van der Waals surface area contributed by atoms with Crippen LogP contribution in [0, 0.1) is 18.3 Å². The summed E-state index contributed by atoms with van der Waals surface area (Å²) in [6.07, 6.45) is 3.19. The van der Waals surface area contributed by atoms with Crippen molar-refractivity contribution < 1.29 is 19.1 Å². The Labute approximate surface area is 153 Å². The highest BCUT2D eigenvalue weighted by Crippen LogP contribution is 2.33. The molecule has 2 aromatic rings. The SMILES string of the molecule is COC(=O)c1c(NC(=O)/C(C#N)=C/c2cccn2C)sc(C(N)=O)c1C. The van der Waals surface area contributed by atoms with Gasteiger partial charge in [0.05, 0.1) is 17.6 Å². The predicted molar refractivity (Wildman–Crippen MR) is 96.5 cm³/mol. The molecule has 2 amide bonds. The lowest BCUT2D eigenvalue weighted by Crippen LogP contribution is -2.15. The molecular weight excluding hydrogens is 356 g/mol. The zero-order valence-electron chi connectivity index (χ0n) is 14.3. The number of hydrogen-bond acceptors (Lipinski definition) is 6. The zero-order valence-corrected chi connectivity index (χ0v) is 15.1. The number of methoxy groups -OCH3 is 1. The molecule has 0 saturated heterocycles. The number of esters is 1. The van der Waals surface area contributed by atoms with Crippen molar-refractivity contribution in [3.8, 4) is 6.07 Å². The van der Waals surface area contributed by atoms with E-state index in [0.717, 1.165) is 11.3 Å². The van der Waals surface area contributed by atoms with Gasteiger partial charge in [-0.25, -0.2) is 4.79 Å². The average Bonchev–Trinajstić information content (AvgIpc) is 3.15. The molecule has 0 fully saturated rings. The summed E-state index contributed by atoms with van der Waals surface area (Å²) in [7, 11) is 2.96. The van der Waals surface area contributed by atoms with Gasteiger partial charge in [0, 0.05) is 18.9 Å². The van der Waals surface area contributed by atoms with Crippen LogP contribution in [0.3, 0.4) is 0 Å². The van der Waals surface area contributed by atoms with E-state index in [-0.39, 0.29) is 21.0 Å². The fourth-order valence-electron chi connectivity index (χ4n) is 2.28. The van der Waals surface area contributed by atoms with E-state index >= 15 is 0 Å². The largest absolute Gasteiger partial charge is 0.465 e. The van der Waals surface area contributed by atoms with Gasteiger partial charge in [-0.15, -0.1) is 11.3 Å². The van der Waals surface area contributed by atoms with Gasteiger partial charge in [0.25, 0.3) is 11.8 Å². The molecule has 3 N–H and O–H groups in total. The van der Waals surface area contributed by atoms with Crippen LogP contribution in [0.5, 0.6) is 0 Å². The lowest BCUT2D eigenvalue weighted by molar-refractivity contribution is -0.112. The van der Waals surface area contributed by atoms with Crippen molar-refractivity contribution in [3.05, 3.63) is 45.6 Å². The van der Waals surface area contributed by atoms with Gasteiger partial charge in [-0.1, -0.05) is 0 Å². The molecule has 0 spiro atoms. The van der Waals surface area contributed by atoms with Gasteiger partial charge in [-0.3, -0.25) is 9.59 Å². The van der Waals surface area contributed by atoms with Crippen LogP contribution >= 0.6 is 11.3 Å². The number of aryl methyl sites for hydroxylation is 1. The minimum atomic E-state index is -0.724. The van der Waals surface area contributed by atoms with Gasteiger partial charge in [0.2, 0.25) is 0 Å². The maximum atomic E-state index is 12.5. The molecule has 0 saturated carbocycles. The van der Waals surface area contributed by atoms with E-state index in [9.17, 15) is 19.6 Å². The van der Waals surface area contributed by atoms with Crippen LogP contribution in [-0.4, -0.2) is 29.5 Å². The first kappa shape index (κ1) is 19.0. The second-order valence-corrected chi connectivity index (χ2v) is 6.30. The Bertz CT molecular complexity index is 962. The first-order valence-corrected chi connectivity index (χ1v) is 8.17. The summed E-state index contributed by atoms with van der Waals surface area (Å²) < 4.78 is 6.44. The number of ether oxygens (including phenoxy) is 1. The van der Waals surface area contributed by atoms with Gasteiger partial charge in [-0.2, -0.15) is 5.26 Å². The number of rotatable bonds is 5. The van der Waals surface area contributed by atoms with Crippen molar-refractivity contribution in [3.63, 3.8) is 0 Å². The van der Waals surface area contributed by atoms with Gasteiger partial charge in [0.15, 0.2) is 0 Å². The Morgan fingerprint density at radius 2 is 2.12 bits per heavy atom. The molecule has 2 aromatic heterocycles. The fourth-order valence-corrected chi connectivity index (χ4v) is 3.32. The van der Waals surface area contributed by atoms with Gasteiger partial charge < -0.3 is 20.4 Å². The lowest BCUT2D eigenvalue weighted by Gasteiger charge is -2.05. The summed E-state index contributed by atoms with van der Waals surface area (Å²) in [5, 5.41) is 11.9. The normalized spacial score (nSPS) is 10.9. The Morgan fingerprint density at radius 1 is 1.42 bits per heavy atom. The van der Waals surface area contributed by atoms with Crippen molar-refractivity contribution in [2.75, 3.05) is 12.4 Å². The number of nitrogens with one attached hydrogen (secondary N) is 1. The van der Waals surface area contributed by atoms with Crippen LogP contribution in [0.15, 0.2) is 23.9 Å². The molecule has 26 heavy (non-hydrogen) atoms. The van der Waals surface area contributed by atoms with Crippen molar-refractivity contribution in [1.29, 1.82) is 5.26 Å². The van der Waals surface area contributed by atoms with E-state index in [1.54, 1.807) is 29.9 Å². The molecular formula is C17H16N4O4S. The second kappa shape index (κ2) is 7.67. The number of nitriles is 1. The molecule has 2 heterocycles. The van der Waals surface area contributed by atoms with Crippen molar-refractivity contribution in [2.24, 2.45) is 12.8 Å². The molecule has 2 rings (SSSR count). The number of hydrogen-bond donors (Lipinski definition) is 2. The van der Waals surface area contributed by atoms with Crippen LogP contribution in [0.4, 0.5) is 5.00 Å². The van der Waals surface area contributed by atoms with E-state index in [1.165, 1.54) is 20.1 Å². The van der Waals surface area contributed by atoms with Crippen LogP contribution in [-0.2, 0) is 16.6 Å². The molecule has 0 bridgehead atoms. The Kier molecular flexibility index (Phi) is 5.59. The summed E-state index contributed by atoms with van der Waals surface area (Å²) in [5.74, 6) is -2.15. The number of nitrogens with two attached hydrogens (primary N) is 1. The first-order valence-electron chi connectivity index (χ1n) is 7.36. The minimum Gasteiger partial charge on any atom is -0.465 e. The summed E-state index contributed by atoms with van der Waals surface area (Å²) in [6.45, 7) is 1.53. The van der Waals surface area contributed by atoms with Crippen LogP contribution in [0.1, 0.15) is 31.3 Å². The van der Waals surface area contributed by atoms with Crippen LogP contribution in [0.25, 0.3) is 6.08 Å². The summed E-state index contributed by atoms with van der Waals surface area (Å²) >= 11 is 0.856. The molecule has 0 aliphatic heterocycles. The molecule has 0 aliphatic carbocycles. The topological polar surface area (TPSA) is 127 Å². The van der Waals surface area contributed by atoms with E-state index < -0.39 is 17.8 Å². The molecule has 0 aromatic carbocycles. The van der Waals surface area contributed by atoms with Gasteiger partial charge in [0.1, 0.15) is 16.6 Å². The molecule has 0 radical (unpaired) electrons. The standard InChI is InChI=1S/C17H16N4O4S/c1-9-12(17(24)25-3)16(26-13(9)14(19)22)20-15(23)10(8-18)7-11-5-4-6-21(11)2/h4-7H,1-3H3,(H2,19,22)(H,20,23)/b10-7+. The third-order valence-electron chi connectivity index (χ3n) is 3.63. The molecule has 134 valence electrons. The summed E-state index contributed by atoms with van der Waals surface area (Å²) in [6, 6.07) is 5.34. The third-order valence-corrected chi connectivity index (χ3v) is 4.85. The molecule has 0 aliphatic rings. The Balaban J connectivity index is 2.42. The van der Waals surface area contributed by atoms with E-state index in [1.807, 2.05) is 6.07 Å². The van der Waals surface area contributed by atoms with E-state index in [4.69, 9.17) is 10.5 Å². The second-order valence-electron chi connectivity index (χ2n) is 5.28. The minimum absolute atomic E-state index is 0.0378. The maximum Gasteiger partial charge on any atom is 0.341 e. The lowest BCUT2D eigenvalue weighted by atomic mass is 10.1. The average molecular weight is 372 g/mol. The number of thiophene rings is 1. The van der Waals surface area contributed by atoms with Gasteiger partial charge in [-0.05, 0) is 30.7 Å². The molecule has 0 unspecified atom stereocenters. The number of carbonyl (C=O) groups is 3. The molecule has 8 nitrogen and oxygen atoms in total. The van der Waals surface area contributed by atoms with Crippen molar-refractivity contribution >= 4 is 40.2 Å². The van der Waals surface area contributed by atoms with E-state index in [0.29, 0.717) is 11.3 Å². The Hall–Kier alpha value is -3.38. The van der Waals surface area contributed by atoms with Gasteiger partial charge >= 0.3 is 5.97 Å². The molecule has 9 heteroatoms. The monoisotopic (exact) mass is 372 g/mol. The zero-order chi connectivity index (χ0) is 19.4. The highest BCUT2D eigenvalue weighted by Gasteiger charge is 2.26. The third kappa shape index (κ3) is 3.65. The number of aromatic nitrogens is 1. The predicted octanol–water partition coefficient (Wildman–Crippen LogP) is 1.83. The molecule has 0 atom stereocenters. The number of anilines is 1. The Morgan fingerprint density at radius 3 is 2.62 bits per heavy atom. The highest BCUT2D eigenvalue weighted by molar-refractivity contribution is 7.18. The highest BCUT2D eigenvalue weighted by atomic mass is 32.1. The number of carbonyl (C=O) groups excluding carboxylic acids is 3. The number of primary amides is 1. The fraction of sp³-hybridized carbons (Fsp3) is 0.176. The summed E-state index contributed by atoms with van der Waals surface area (Å²) in [4.78, 5) is 36.1. The van der Waals surface area contributed by atoms with Crippen LogP contribution < -0.4 is 11.1 Å². The number of amides is 2. The smallest absolute Gasteiger partial charge is 0.341 e. The maximum absolute atomic E-state index is 12.5. The van der Waals surface area contributed by atoms with Crippen molar-refractivity contribution in [1.82, 2.24) is 4.57 Å². The number of nitrogens with zero attached hydrogens (tertiary/aromatic N) is 2. The van der Waals surface area contributed by atoms with Crippen molar-refractivity contribution in [2.45, 2.75) is 6.92 Å². The summed E-state index contributed by atoms with van der Waals surface area (Å²) in [5.41, 5.74) is 6.15. The van der Waals surface area contributed by atoms with Crippen LogP contribution in [0.2, 0.25) is 0 Å².